The van der Waals surface area contributed by atoms with Crippen LogP contribution in [-0.2, 0) is 28.6 Å². The molecule has 0 N–H and O–H groups in total. The second-order valence-corrected chi connectivity index (χ2v) is 17.8. The fourth-order valence-electron chi connectivity index (χ4n) is 7.43. The van der Waals surface area contributed by atoms with Crippen LogP contribution in [0, 0.1) is 11.8 Å². The van der Waals surface area contributed by atoms with Gasteiger partial charge in [0.2, 0.25) is 0 Å². The molecule has 0 aliphatic rings. The molecule has 6 heteroatoms. The summed E-state index contributed by atoms with van der Waals surface area (Å²) in [5, 5.41) is 0. The number of rotatable bonds is 44. The molecule has 2 atom stereocenters. The van der Waals surface area contributed by atoms with Crippen molar-refractivity contribution in [3.05, 3.63) is 0 Å². The molecule has 0 rings (SSSR count). The molecule has 0 heterocycles. The van der Waals surface area contributed by atoms with Gasteiger partial charge in [0.1, 0.15) is 13.2 Å². The molecule has 0 aliphatic carbocycles. The number of unbranched alkanes of at least 4 members (excludes halogenated alkanes) is 28. The van der Waals surface area contributed by atoms with Crippen LogP contribution >= 0.6 is 0 Å². The van der Waals surface area contributed by atoms with Gasteiger partial charge in [0.15, 0.2) is 6.10 Å². The van der Waals surface area contributed by atoms with Crippen molar-refractivity contribution in [3.63, 3.8) is 0 Å². The van der Waals surface area contributed by atoms with E-state index in [4.69, 9.17) is 14.2 Å². The molecule has 0 spiro atoms. The maximum atomic E-state index is 12.7. The van der Waals surface area contributed by atoms with E-state index in [1.54, 1.807) is 0 Å². The maximum absolute atomic E-state index is 12.7. The number of hydrogen-bond acceptors (Lipinski definition) is 6. The first-order chi connectivity index (χ1) is 27.3. The van der Waals surface area contributed by atoms with Crippen LogP contribution in [0.15, 0.2) is 0 Å². The monoisotopic (exact) mass is 793 g/mol. The number of esters is 3. The maximum Gasteiger partial charge on any atom is 0.306 e. The highest BCUT2D eigenvalue weighted by Crippen LogP contribution is 2.17. The molecule has 0 saturated heterocycles. The zero-order valence-electron chi connectivity index (χ0n) is 38.3. The molecule has 0 aromatic heterocycles. The highest BCUT2D eigenvalue weighted by atomic mass is 16.6. The quantitative estimate of drug-likeness (QED) is 0.0347. The molecule has 0 saturated carbocycles. The molecule has 56 heavy (non-hydrogen) atoms. The Morgan fingerprint density at radius 1 is 0.375 bits per heavy atom. The van der Waals surface area contributed by atoms with Crippen molar-refractivity contribution >= 4 is 17.9 Å². The topological polar surface area (TPSA) is 78.9 Å². The first kappa shape index (κ1) is 54.4. The highest BCUT2D eigenvalue weighted by Gasteiger charge is 2.19. The third kappa shape index (κ3) is 42.0. The molecular weight excluding hydrogens is 697 g/mol. The summed E-state index contributed by atoms with van der Waals surface area (Å²) in [4.78, 5) is 37.8. The summed E-state index contributed by atoms with van der Waals surface area (Å²) in [7, 11) is 0. The Hall–Kier alpha value is -1.59. The smallest absolute Gasteiger partial charge is 0.306 e. The zero-order chi connectivity index (χ0) is 41.2. The van der Waals surface area contributed by atoms with Gasteiger partial charge in [-0.1, -0.05) is 234 Å². The number of ether oxygens (including phenoxy) is 3. The van der Waals surface area contributed by atoms with Gasteiger partial charge in [-0.05, 0) is 31.1 Å². The van der Waals surface area contributed by atoms with Crippen LogP contribution in [-0.4, -0.2) is 37.2 Å². The van der Waals surface area contributed by atoms with Crippen molar-refractivity contribution in [1.82, 2.24) is 0 Å². The third-order valence-electron chi connectivity index (χ3n) is 11.6. The fourth-order valence-corrected chi connectivity index (χ4v) is 7.43. The van der Waals surface area contributed by atoms with Crippen molar-refractivity contribution in [2.75, 3.05) is 13.2 Å². The Morgan fingerprint density at radius 3 is 1.02 bits per heavy atom. The third-order valence-corrected chi connectivity index (χ3v) is 11.6. The zero-order valence-corrected chi connectivity index (χ0v) is 38.3. The number of carbonyl (C=O) groups excluding carboxylic acids is 3. The Kier molecular flexibility index (Phi) is 41.8. The Morgan fingerprint density at radius 2 is 0.679 bits per heavy atom. The van der Waals surface area contributed by atoms with Gasteiger partial charge in [-0.25, -0.2) is 0 Å². The first-order valence-corrected chi connectivity index (χ1v) is 24.8. The molecule has 6 nitrogen and oxygen atoms in total. The highest BCUT2D eigenvalue weighted by molar-refractivity contribution is 5.71. The lowest BCUT2D eigenvalue weighted by molar-refractivity contribution is -0.167. The molecule has 1 unspecified atom stereocenters. The number of carbonyl (C=O) groups is 3. The minimum absolute atomic E-state index is 0.0644. The van der Waals surface area contributed by atoms with E-state index in [0.717, 1.165) is 69.6 Å². The Bertz CT molecular complexity index is 856. The van der Waals surface area contributed by atoms with Crippen LogP contribution in [0.3, 0.4) is 0 Å². The predicted octanol–water partition coefficient (Wildman–Crippen LogP) is 15.8. The lowest BCUT2D eigenvalue weighted by Crippen LogP contribution is -2.30. The van der Waals surface area contributed by atoms with Crippen LogP contribution in [0.25, 0.3) is 0 Å². The van der Waals surface area contributed by atoms with Crippen LogP contribution in [0.1, 0.15) is 272 Å². The first-order valence-electron chi connectivity index (χ1n) is 24.8. The van der Waals surface area contributed by atoms with E-state index in [0.29, 0.717) is 19.3 Å². The molecule has 0 aromatic rings. The van der Waals surface area contributed by atoms with Crippen LogP contribution in [0.2, 0.25) is 0 Å². The van der Waals surface area contributed by atoms with Crippen molar-refractivity contribution < 1.29 is 28.6 Å². The summed E-state index contributed by atoms with van der Waals surface area (Å²) in [5.41, 5.74) is 0. The second kappa shape index (κ2) is 43.0. The minimum Gasteiger partial charge on any atom is -0.462 e. The molecule has 332 valence electrons. The van der Waals surface area contributed by atoms with E-state index in [-0.39, 0.29) is 31.1 Å². The molecule has 0 amide bonds. The summed E-state index contributed by atoms with van der Waals surface area (Å²) in [6.45, 7) is 11.4. The Labute approximate surface area is 348 Å². The summed E-state index contributed by atoms with van der Waals surface area (Å²) in [5.74, 6) is 0.826. The van der Waals surface area contributed by atoms with E-state index in [1.165, 1.54) is 161 Å². The standard InChI is InChI=1S/C50H96O6/c1-6-8-9-10-11-12-13-14-21-27-32-37-42-50(53)56-47(44-55-49(52)41-36-31-26-22-17-18-23-28-33-38-45(3)4)43-54-48(51)40-35-30-25-20-16-15-19-24-29-34-39-46(5)7-2/h45-47H,6-44H2,1-5H3/t46?,47-/m0/s1. The van der Waals surface area contributed by atoms with Crippen molar-refractivity contribution in [1.29, 1.82) is 0 Å². The number of hydrogen-bond donors (Lipinski definition) is 0. The van der Waals surface area contributed by atoms with Gasteiger partial charge in [-0.3, -0.25) is 14.4 Å². The van der Waals surface area contributed by atoms with E-state index in [1.807, 2.05) is 0 Å². The van der Waals surface area contributed by atoms with Crippen LogP contribution in [0.4, 0.5) is 0 Å². The predicted molar refractivity (Wildman–Crippen MR) is 238 cm³/mol. The van der Waals surface area contributed by atoms with Gasteiger partial charge in [0.05, 0.1) is 0 Å². The second-order valence-electron chi connectivity index (χ2n) is 17.8. The lowest BCUT2D eigenvalue weighted by Gasteiger charge is -2.18. The molecule has 0 bridgehead atoms. The molecule has 0 radical (unpaired) electrons. The summed E-state index contributed by atoms with van der Waals surface area (Å²) >= 11 is 0. The normalized spacial score (nSPS) is 12.5. The van der Waals surface area contributed by atoms with E-state index >= 15 is 0 Å². The lowest BCUT2D eigenvalue weighted by atomic mass is 9.99. The van der Waals surface area contributed by atoms with Gasteiger partial charge in [-0.15, -0.1) is 0 Å². The minimum atomic E-state index is -0.761. The van der Waals surface area contributed by atoms with E-state index in [9.17, 15) is 14.4 Å². The van der Waals surface area contributed by atoms with Crippen LogP contribution in [0.5, 0.6) is 0 Å². The largest absolute Gasteiger partial charge is 0.462 e. The summed E-state index contributed by atoms with van der Waals surface area (Å²) < 4.78 is 16.8. The van der Waals surface area contributed by atoms with Gasteiger partial charge >= 0.3 is 17.9 Å². The molecule has 0 fully saturated rings. The average molecular weight is 793 g/mol. The van der Waals surface area contributed by atoms with Gasteiger partial charge in [0, 0.05) is 19.3 Å². The molecular formula is C50H96O6. The van der Waals surface area contributed by atoms with E-state index < -0.39 is 6.10 Å². The summed E-state index contributed by atoms with van der Waals surface area (Å²) in [6, 6.07) is 0. The molecule has 0 aliphatic heterocycles. The fraction of sp³-hybridized carbons (Fsp3) is 0.940. The molecule has 0 aromatic carbocycles. The van der Waals surface area contributed by atoms with Crippen molar-refractivity contribution in [2.45, 2.75) is 278 Å². The van der Waals surface area contributed by atoms with Gasteiger partial charge in [-0.2, -0.15) is 0 Å². The van der Waals surface area contributed by atoms with E-state index in [2.05, 4.69) is 34.6 Å². The van der Waals surface area contributed by atoms with Crippen molar-refractivity contribution in [2.24, 2.45) is 11.8 Å². The van der Waals surface area contributed by atoms with Gasteiger partial charge < -0.3 is 14.2 Å². The average Bonchev–Trinajstić information content (AvgIpc) is 3.18. The summed E-state index contributed by atoms with van der Waals surface area (Å²) in [6.07, 6.45) is 42.2. The Balaban J connectivity index is 4.33. The SMILES string of the molecule is CCCCCCCCCCCCCCC(=O)O[C@@H](COC(=O)CCCCCCCCCCCCC(C)CC)COC(=O)CCCCCCCCCCCC(C)C. The van der Waals surface area contributed by atoms with Gasteiger partial charge in [0.25, 0.3) is 0 Å². The van der Waals surface area contributed by atoms with Crippen molar-refractivity contribution in [3.8, 4) is 0 Å². The van der Waals surface area contributed by atoms with Crippen LogP contribution < -0.4 is 0 Å².